The molecule has 32 heavy (non-hydrogen) atoms. The summed E-state index contributed by atoms with van der Waals surface area (Å²) in [6, 6.07) is 34.9. The normalized spacial score (nSPS) is 20.9. The largest absolute Gasteiger partial charge is 0.454 e. The molecule has 3 heteroatoms. The lowest BCUT2D eigenvalue weighted by molar-refractivity contribution is 0.631. The van der Waals surface area contributed by atoms with Gasteiger partial charge in [0.15, 0.2) is 5.58 Å². The van der Waals surface area contributed by atoms with Gasteiger partial charge < -0.3 is 9.32 Å². The lowest BCUT2D eigenvalue weighted by Gasteiger charge is -2.32. The van der Waals surface area contributed by atoms with Crippen LogP contribution < -0.4 is 4.90 Å². The summed E-state index contributed by atoms with van der Waals surface area (Å²) in [5.74, 6) is 0. The van der Waals surface area contributed by atoms with Gasteiger partial charge in [0.2, 0.25) is 0 Å². The molecule has 1 aromatic heterocycles. The summed E-state index contributed by atoms with van der Waals surface area (Å²) in [4.78, 5) is 2.59. The lowest BCUT2D eigenvalue weighted by atomic mass is 10.0. The number of thioether (sulfide) groups is 1. The van der Waals surface area contributed by atoms with Crippen LogP contribution in [0, 0.1) is 6.92 Å². The van der Waals surface area contributed by atoms with Crippen molar-refractivity contribution in [2.45, 2.75) is 30.5 Å². The van der Waals surface area contributed by atoms with Crippen LogP contribution in [0.3, 0.4) is 0 Å². The van der Waals surface area contributed by atoms with E-state index in [-0.39, 0.29) is 5.37 Å². The first-order valence-electron chi connectivity index (χ1n) is 11.2. The maximum atomic E-state index is 6.50. The highest BCUT2D eigenvalue weighted by atomic mass is 32.2. The number of furan rings is 1. The molecule has 3 atom stereocenters. The van der Waals surface area contributed by atoms with Gasteiger partial charge in [-0.25, -0.2) is 0 Å². The van der Waals surface area contributed by atoms with Crippen LogP contribution in [0.2, 0.25) is 0 Å². The molecular weight excluding hydrogens is 410 g/mol. The quantitative estimate of drug-likeness (QED) is 0.284. The molecular formula is C29H25NOS. The van der Waals surface area contributed by atoms with E-state index in [0.717, 1.165) is 11.2 Å². The highest BCUT2D eigenvalue weighted by Crippen LogP contribution is 2.56. The highest BCUT2D eigenvalue weighted by Gasteiger charge is 2.42. The Kier molecular flexibility index (Phi) is 4.73. The molecule has 1 aliphatic rings. The van der Waals surface area contributed by atoms with Gasteiger partial charge in [-0.2, -0.15) is 0 Å². The van der Waals surface area contributed by atoms with E-state index >= 15 is 0 Å². The Morgan fingerprint density at radius 2 is 1.38 bits per heavy atom. The second-order valence-corrected chi connectivity index (χ2v) is 9.81. The second-order valence-electron chi connectivity index (χ2n) is 8.58. The average molecular weight is 436 g/mol. The molecule has 2 heterocycles. The zero-order chi connectivity index (χ0) is 21.7. The molecule has 0 saturated carbocycles. The number of rotatable bonds is 3. The van der Waals surface area contributed by atoms with Gasteiger partial charge in [0.25, 0.3) is 0 Å². The number of fused-ring (bicyclic) bond motifs is 3. The van der Waals surface area contributed by atoms with E-state index in [1.165, 1.54) is 33.2 Å². The molecule has 4 aromatic carbocycles. The minimum Gasteiger partial charge on any atom is -0.454 e. The smallest absolute Gasteiger partial charge is 0.159 e. The van der Waals surface area contributed by atoms with Crippen LogP contribution >= 0.6 is 11.8 Å². The minimum absolute atomic E-state index is 0.217. The zero-order valence-electron chi connectivity index (χ0n) is 18.2. The molecule has 0 amide bonds. The Morgan fingerprint density at radius 3 is 2.12 bits per heavy atom. The van der Waals surface area contributed by atoms with Crippen LogP contribution in [0.25, 0.3) is 21.9 Å². The zero-order valence-corrected chi connectivity index (χ0v) is 19.0. The van der Waals surface area contributed by atoms with Gasteiger partial charge in [-0.15, -0.1) is 11.8 Å². The summed E-state index contributed by atoms with van der Waals surface area (Å²) in [6.45, 7) is 4.56. The van der Waals surface area contributed by atoms with Gasteiger partial charge in [0.05, 0.1) is 10.9 Å². The number of anilines is 1. The number of aryl methyl sites for hydroxylation is 1. The summed E-state index contributed by atoms with van der Waals surface area (Å²) in [5.41, 5.74) is 7.11. The van der Waals surface area contributed by atoms with Crippen molar-refractivity contribution >= 4 is 39.4 Å². The molecule has 1 saturated heterocycles. The topological polar surface area (TPSA) is 16.4 Å². The molecule has 1 aliphatic heterocycles. The van der Waals surface area contributed by atoms with Crippen molar-refractivity contribution in [3.63, 3.8) is 0 Å². The minimum atomic E-state index is 0.217. The van der Waals surface area contributed by atoms with Crippen LogP contribution in [0.4, 0.5) is 5.69 Å². The van der Waals surface area contributed by atoms with Gasteiger partial charge in [-0.05, 0) is 36.6 Å². The number of hydrogen-bond donors (Lipinski definition) is 0. The monoisotopic (exact) mass is 435 g/mol. The maximum absolute atomic E-state index is 6.50. The van der Waals surface area contributed by atoms with Crippen molar-refractivity contribution in [3.05, 3.63) is 114 Å². The number of nitrogens with zero attached hydrogens (tertiary/aromatic N) is 1. The SMILES string of the molecule is Cc1ccc2c(oc3ccccc32)c1N1C(c2ccccc2)SC(c2ccccc2)[C@@H]1C. The van der Waals surface area contributed by atoms with Crippen LogP contribution in [-0.2, 0) is 0 Å². The maximum Gasteiger partial charge on any atom is 0.159 e. The fourth-order valence-electron chi connectivity index (χ4n) is 5.05. The Hall–Kier alpha value is -3.17. The van der Waals surface area contributed by atoms with Gasteiger partial charge in [0, 0.05) is 16.8 Å². The fraction of sp³-hybridized carbons (Fsp3) is 0.172. The predicted molar refractivity (Wildman–Crippen MR) is 136 cm³/mol. The molecule has 2 nitrogen and oxygen atoms in total. The summed E-state index contributed by atoms with van der Waals surface area (Å²) in [5, 5.41) is 2.96. The van der Waals surface area contributed by atoms with E-state index in [0.29, 0.717) is 11.3 Å². The third kappa shape index (κ3) is 3.03. The first kappa shape index (κ1) is 19.5. The molecule has 0 spiro atoms. The van der Waals surface area contributed by atoms with E-state index in [1.54, 1.807) is 0 Å². The molecule has 6 rings (SSSR count). The molecule has 5 aromatic rings. The number of benzene rings is 4. The molecule has 0 aliphatic carbocycles. The number of para-hydroxylation sites is 1. The van der Waals surface area contributed by atoms with Crippen molar-refractivity contribution in [2.75, 3.05) is 4.90 Å². The Bertz CT molecular complexity index is 1390. The van der Waals surface area contributed by atoms with Crippen molar-refractivity contribution in [1.82, 2.24) is 0 Å². The molecule has 0 bridgehead atoms. The van der Waals surface area contributed by atoms with Crippen molar-refractivity contribution in [3.8, 4) is 0 Å². The van der Waals surface area contributed by atoms with E-state index < -0.39 is 0 Å². The Labute approximate surface area is 192 Å². The molecule has 1 fully saturated rings. The second kappa shape index (κ2) is 7.75. The molecule has 2 unspecified atom stereocenters. The van der Waals surface area contributed by atoms with Crippen LogP contribution in [-0.4, -0.2) is 6.04 Å². The Morgan fingerprint density at radius 1 is 0.719 bits per heavy atom. The van der Waals surface area contributed by atoms with E-state index in [1.807, 2.05) is 17.8 Å². The van der Waals surface area contributed by atoms with E-state index in [4.69, 9.17) is 4.42 Å². The third-order valence-electron chi connectivity index (χ3n) is 6.60. The molecule has 158 valence electrons. The van der Waals surface area contributed by atoms with Gasteiger partial charge in [0.1, 0.15) is 11.0 Å². The lowest BCUT2D eigenvalue weighted by Crippen LogP contribution is -2.32. The molecule has 0 radical (unpaired) electrons. The first-order chi connectivity index (χ1) is 15.7. The predicted octanol–water partition coefficient (Wildman–Crippen LogP) is 8.28. The van der Waals surface area contributed by atoms with Crippen molar-refractivity contribution in [1.29, 1.82) is 0 Å². The Balaban J connectivity index is 1.58. The highest BCUT2D eigenvalue weighted by molar-refractivity contribution is 8.00. The van der Waals surface area contributed by atoms with Crippen molar-refractivity contribution < 1.29 is 4.42 Å². The first-order valence-corrected chi connectivity index (χ1v) is 12.1. The summed E-state index contributed by atoms with van der Waals surface area (Å²) >= 11 is 2.04. The van der Waals surface area contributed by atoms with E-state index in [9.17, 15) is 0 Å². The van der Waals surface area contributed by atoms with Crippen LogP contribution in [0.1, 0.15) is 34.2 Å². The van der Waals surface area contributed by atoms with Gasteiger partial charge in [-0.3, -0.25) is 0 Å². The van der Waals surface area contributed by atoms with Crippen molar-refractivity contribution in [2.24, 2.45) is 0 Å². The van der Waals surface area contributed by atoms with Crippen LogP contribution in [0.5, 0.6) is 0 Å². The molecule has 0 N–H and O–H groups in total. The summed E-state index contributed by atoms with van der Waals surface area (Å²) in [7, 11) is 0. The fourth-order valence-corrected chi connectivity index (χ4v) is 6.74. The van der Waals surface area contributed by atoms with Crippen LogP contribution in [0.15, 0.2) is 101 Å². The summed E-state index contributed by atoms with van der Waals surface area (Å²) in [6.07, 6.45) is 0. The number of hydrogen-bond acceptors (Lipinski definition) is 3. The third-order valence-corrected chi connectivity index (χ3v) is 8.31. The van der Waals surface area contributed by atoms with E-state index in [2.05, 4.69) is 110 Å². The van der Waals surface area contributed by atoms with Gasteiger partial charge >= 0.3 is 0 Å². The average Bonchev–Trinajstić information content (AvgIpc) is 3.38. The summed E-state index contributed by atoms with van der Waals surface area (Å²) < 4.78 is 6.50. The standard InChI is InChI=1S/C29H25NOS/c1-19-17-18-24-23-15-9-10-16-25(23)31-27(24)26(19)30-20(2)28(21-11-5-3-6-12-21)32-29(30)22-13-7-4-8-14-22/h3-18,20,28-29H,1-2H3/t20-,28?,29?/m0/s1. The van der Waals surface area contributed by atoms with Gasteiger partial charge in [-0.1, -0.05) is 91.0 Å².